The zero-order chi connectivity index (χ0) is 48.7. The molecule has 18 heteroatoms. The molecule has 0 amide bonds. The highest BCUT2D eigenvalue weighted by Gasteiger charge is 2.63. The van der Waals surface area contributed by atoms with E-state index in [0.29, 0.717) is 22.3 Å². The van der Waals surface area contributed by atoms with Crippen molar-refractivity contribution in [2.45, 2.75) is 11.3 Å². The van der Waals surface area contributed by atoms with Crippen LogP contribution in [0, 0.1) is 0 Å². The van der Waals surface area contributed by atoms with Gasteiger partial charge in [-0.15, -0.1) is 0 Å². The highest BCUT2D eigenvalue weighted by Crippen LogP contribution is 2.60. The van der Waals surface area contributed by atoms with Crippen LogP contribution in [0.2, 0.25) is 30.1 Å². The molecule has 2 aliphatic rings. The highest BCUT2D eigenvalue weighted by molar-refractivity contribution is 6.56. The molecule has 8 rings (SSSR count). The van der Waals surface area contributed by atoms with Gasteiger partial charge in [0, 0.05) is 43.4 Å². The second kappa shape index (κ2) is 19.3. The van der Waals surface area contributed by atoms with E-state index in [1.165, 1.54) is 52.7 Å². The Balaban J connectivity index is 1.56. The Labute approximate surface area is 418 Å². The van der Waals surface area contributed by atoms with Crippen molar-refractivity contribution in [3.63, 3.8) is 0 Å². The van der Waals surface area contributed by atoms with Crippen molar-refractivity contribution in [3.8, 4) is 0 Å². The summed E-state index contributed by atoms with van der Waals surface area (Å²) in [4.78, 5) is 72.8. The summed E-state index contributed by atoms with van der Waals surface area (Å²) >= 11 is 42.5. The largest absolute Gasteiger partial charge is 0.465 e. The minimum absolute atomic E-state index is 0.0106. The van der Waals surface area contributed by atoms with E-state index in [9.17, 15) is 19.2 Å². The number of ether oxygens (including phenoxy) is 4. The number of hydrogen-bond donors (Lipinski definition) is 0. The number of aliphatic imine (C=N–C) groups is 4. The van der Waals surface area contributed by atoms with E-state index in [1.54, 1.807) is 97.1 Å². The zero-order valence-electron chi connectivity index (χ0n) is 35.9. The Morgan fingerprint density at radius 2 is 0.544 bits per heavy atom. The van der Waals surface area contributed by atoms with E-state index in [2.05, 4.69) is 0 Å². The summed E-state index contributed by atoms with van der Waals surface area (Å²) in [5, 5.41) is 0.309. The number of benzene rings is 6. The summed E-state index contributed by atoms with van der Waals surface area (Å²) in [7, 11) is 5.08. The van der Waals surface area contributed by atoms with Crippen LogP contribution in [0.4, 0.5) is 0 Å². The Morgan fingerprint density at radius 3 is 0.721 bits per heavy atom. The van der Waals surface area contributed by atoms with Crippen molar-refractivity contribution in [2.24, 2.45) is 20.0 Å². The highest BCUT2D eigenvalue weighted by atomic mass is 35.5. The quantitative estimate of drug-likeness (QED) is 0.0917. The van der Waals surface area contributed by atoms with Crippen LogP contribution in [0.15, 0.2) is 141 Å². The molecule has 0 unspecified atom stereocenters. The number of esters is 4. The molecule has 2 aliphatic heterocycles. The first-order valence-electron chi connectivity index (χ1n) is 20.0. The summed E-state index contributed by atoms with van der Waals surface area (Å²) < 4.78 is 19.9. The molecule has 0 fully saturated rings. The van der Waals surface area contributed by atoms with Gasteiger partial charge in [0.15, 0.2) is 0 Å². The first kappa shape index (κ1) is 48.1. The smallest absolute Gasteiger partial charge is 0.337 e. The third-order valence-corrected chi connectivity index (χ3v) is 12.7. The normalized spacial score (nSPS) is 14.6. The van der Waals surface area contributed by atoms with Gasteiger partial charge in [0.25, 0.3) is 0 Å². The molecule has 0 atom stereocenters. The Bertz CT molecular complexity index is 2780. The lowest BCUT2D eigenvalue weighted by atomic mass is 9.81. The molecule has 68 heavy (non-hydrogen) atoms. The van der Waals surface area contributed by atoms with Crippen molar-refractivity contribution in [1.29, 1.82) is 0 Å². The number of carbonyl (C=O) groups is 4. The summed E-state index contributed by atoms with van der Waals surface area (Å²) in [6, 6.07) is 31.6. The Hall–Kier alpha value is -6.38. The molecule has 6 aromatic carbocycles. The van der Waals surface area contributed by atoms with Crippen molar-refractivity contribution in [3.05, 3.63) is 207 Å². The van der Waals surface area contributed by atoms with E-state index in [-0.39, 0.29) is 86.4 Å². The SMILES string of the molecule is COC(=O)c1ccc(C2=NC(c3c(Cl)cc(Cl)cc3Cl)(C3(c4c(Cl)cc(Cl)cc4Cl)N=C(c4ccc(C(=O)OC)cc4)C(c4ccc(C(=O)OC)cc4)=N3)N=C2c2ccc(C(=O)OC)cc2)cc1. The molecule has 0 aromatic heterocycles. The second-order valence-corrected chi connectivity index (χ2v) is 17.5. The van der Waals surface area contributed by atoms with E-state index in [4.69, 9.17) is 109 Å². The number of halogens is 6. The molecule has 0 bridgehead atoms. The van der Waals surface area contributed by atoms with Crippen LogP contribution < -0.4 is 0 Å². The van der Waals surface area contributed by atoms with Crippen molar-refractivity contribution in [1.82, 2.24) is 0 Å². The number of nitrogens with zero attached hydrogens (tertiary/aromatic N) is 4. The van der Waals surface area contributed by atoms with Crippen LogP contribution in [-0.2, 0) is 30.3 Å². The molecule has 342 valence electrons. The van der Waals surface area contributed by atoms with Crippen molar-refractivity contribution >= 4 is 116 Å². The monoisotopic (exact) mass is 1030 g/mol. The molecule has 6 aromatic rings. The fourth-order valence-corrected chi connectivity index (χ4v) is 10.0. The summed E-state index contributed by atoms with van der Waals surface area (Å²) in [5.41, 5.74) is -0.668. The molecule has 0 spiro atoms. The van der Waals surface area contributed by atoms with Crippen LogP contribution in [0.1, 0.15) is 74.8 Å². The maximum atomic E-state index is 12.7. The van der Waals surface area contributed by atoms with Gasteiger partial charge in [-0.1, -0.05) is 118 Å². The number of rotatable bonds is 11. The van der Waals surface area contributed by atoms with Crippen LogP contribution in [0.3, 0.4) is 0 Å². The summed E-state index contributed by atoms with van der Waals surface area (Å²) in [6.45, 7) is 0. The van der Waals surface area contributed by atoms with Crippen LogP contribution in [0.25, 0.3) is 0 Å². The summed E-state index contributed by atoms with van der Waals surface area (Å²) in [6.07, 6.45) is 0. The van der Waals surface area contributed by atoms with Crippen molar-refractivity contribution in [2.75, 3.05) is 28.4 Å². The Morgan fingerprint density at radius 1 is 0.353 bits per heavy atom. The second-order valence-electron chi connectivity index (χ2n) is 15.0. The maximum Gasteiger partial charge on any atom is 0.337 e. The first-order valence-corrected chi connectivity index (χ1v) is 22.3. The third-order valence-electron chi connectivity index (χ3n) is 11.1. The lowest BCUT2D eigenvalue weighted by Gasteiger charge is -2.40. The number of methoxy groups -OCH3 is 4. The molecule has 0 saturated carbocycles. The number of carbonyl (C=O) groups excluding carboxylic acids is 4. The van der Waals surface area contributed by atoms with E-state index < -0.39 is 35.2 Å². The zero-order valence-corrected chi connectivity index (χ0v) is 40.4. The molecular weight excluding hydrogens is 997 g/mol. The molecule has 0 aliphatic carbocycles. The fraction of sp³-hybridized carbons (Fsp3) is 0.120. The predicted octanol–water partition coefficient (Wildman–Crippen LogP) is 11.7. The van der Waals surface area contributed by atoms with Gasteiger partial charge < -0.3 is 18.9 Å². The van der Waals surface area contributed by atoms with Gasteiger partial charge in [-0.2, -0.15) is 0 Å². The molecular formula is C50H32Cl6N4O8. The van der Waals surface area contributed by atoms with Gasteiger partial charge in [-0.3, -0.25) is 0 Å². The predicted molar refractivity (Wildman–Crippen MR) is 264 cm³/mol. The average molecular weight is 1030 g/mol. The van der Waals surface area contributed by atoms with Crippen LogP contribution in [0.5, 0.6) is 0 Å². The van der Waals surface area contributed by atoms with Gasteiger partial charge in [-0.05, 0) is 72.8 Å². The van der Waals surface area contributed by atoms with Gasteiger partial charge in [0.1, 0.15) is 0 Å². The molecule has 2 heterocycles. The lowest BCUT2D eigenvalue weighted by molar-refractivity contribution is 0.0592. The maximum absolute atomic E-state index is 12.7. The molecule has 12 nitrogen and oxygen atoms in total. The average Bonchev–Trinajstić information content (AvgIpc) is 3.95. The Kier molecular flexibility index (Phi) is 13.7. The van der Waals surface area contributed by atoms with E-state index >= 15 is 0 Å². The standard InChI is InChI=1S/C50H32Cl6N4O8/c1-65-45(61)29-13-5-25(6-14-29)41-42(26-7-15-30(16-8-26)46(62)66-2)58-49(57-41,39-35(53)21-33(51)22-36(39)54)50(40-37(55)23-34(52)24-38(40)56)59-43(27-9-17-31(18-10-27)47(63)67-3)44(60-50)28-11-19-32(20-12-28)48(64)68-4/h5-24H,1-4H3. The molecule has 0 radical (unpaired) electrons. The summed E-state index contributed by atoms with van der Waals surface area (Å²) in [5.74, 6) is -2.31. The van der Waals surface area contributed by atoms with Gasteiger partial charge in [0.05, 0.1) is 93.6 Å². The van der Waals surface area contributed by atoms with E-state index in [1.807, 2.05) is 0 Å². The number of hydrogen-bond acceptors (Lipinski definition) is 12. The van der Waals surface area contributed by atoms with Crippen LogP contribution >= 0.6 is 69.6 Å². The van der Waals surface area contributed by atoms with Gasteiger partial charge in [-0.25, -0.2) is 39.1 Å². The topological polar surface area (TPSA) is 155 Å². The van der Waals surface area contributed by atoms with Gasteiger partial charge >= 0.3 is 23.9 Å². The molecule has 0 saturated heterocycles. The van der Waals surface area contributed by atoms with Crippen molar-refractivity contribution < 1.29 is 38.1 Å². The molecule has 0 N–H and O–H groups in total. The third kappa shape index (κ3) is 8.57. The fourth-order valence-electron chi connectivity index (χ4n) is 7.88. The van der Waals surface area contributed by atoms with Gasteiger partial charge in [0.2, 0.25) is 11.3 Å². The lowest BCUT2D eigenvalue weighted by Crippen LogP contribution is -2.44. The van der Waals surface area contributed by atoms with E-state index in [0.717, 1.165) is 0 Å². The minimum atomic E-state index is -2.23. The first-order chi connectivity index (χ1) is 32.6. The minimum Gasteiger partial charge on any atom is -0.465 e. The van der Waals surface area contributed by atoms with Crippen LogP contribution in [-0.4, -0.2) is 75.2 Å².